The lowest BCUT2D eigenvalue weighted by Gasteiger charge is -2.29. The van der Waals surface area contributed by atoms with E-state index >= 15 is 0 Å². The van der Waals surface area contributed by atoms with Gasteiger partial charge in [-0.2, -0.15) is 0 Å². The fraction of sp³-hybridized carbons (Fsp3) is 0.462. The maximum Gasteiger partial charge on any atom is 0.282 e. The van der Waals surface area contributed by atoms with Crippen molar-refractivity contribution in [3.05, 3.63) is 39.7 Å². The standard InChI is InChI=1S/C13H16FN3O3/c1-13(7-15,8-2-3-8)16-12(18)10-6-9(14)4-5-11(10)17(19)20/h4-6,8H,2-3,7,15H2,1H3,(H,16,18). The van der Waals surface area contributed by atoms with E-state index in [1.54, 1.807) is 6.92 Å². The number of nitrogens with two attached hydrogens (primary N) is 1. The first-order valence-corrected chi connectivity index (χ1v) is 6.34. The monoisotopic (exact) mass is 281 g/mol. The maximum atomic E-state index is 13.2. The van der Waals surface area contributed by atoms with Gasteiger partial charge in [0.1, 0.15) is 11.4 Å². The van der Waals surface area contributed by atoms with E-state index < -0.39 is 27.9 Å². The quantitative estimate of drug-likeness (QED) is 0.632. The lowest BCUT2D eigenvalue weighted by molar-refractivity contribution is -0.385. The normalized spacial score (nSPS) is 17.4. The van der Waals surface area contributed by atoms with Gasteiger partial charge in [0.25, 0.3) is 11.6 Å². The van der Waals surface area contributed by atoms with E-state index in [0.29, 0.717) is 0 Å². The molecule has 1 aromatic rings. The number of nitrogens with one attached hydrogen (secondary N) is 1. The summed E-state index contributed by atoms with van der Waals surface area (Å²) in [5.74, 6) is -1.10. The molecule has 0 spiro atoms. The molecule has 0 saturated heterocycles. The Balaban J connectivity index is 2.28. The molecular weight excluding hydrogens is 265 g/mol. The summed E-state index contributed by atoms with van der Waals surface area (Å²) in [4.78, 5) is 22.4. The number of nitro benzene ring substituents is 1. The van der Waals surface area contributed by atoms with E-state index in [9.17, 15) is 19.3 Å². The van der Waals surface area contributed by atoms with Crippen LogP contribution in [0.2, 0.25) is 0 Å². The molecular formula is C13H16FN3O3. The van der Waals surface area contributed by atoms with Crippen molar-refractivity contribution in [1.82, 2.24) is 5.32 Å². The van der Waals surface area contributed by atoms with Crippen molar-refractivity contribution < 1.29 is 14.1 Å². The van der Waals surface area contributed by atoms with E-state index in [4.69, 9.17) is 5.73 Å². The van der Waals surface area contributed by atoms with Crippen LogP contribution in [0.25, 0.3) is 0 Å². The lowest BCUT2D eigenvalue weighted by Crippen LogP contribution is -2.53. The van der Waals surface area contributed by atoms with Crippen LogP contribution in [0.4, 0.5) is 10.1 Å². The molecule has 3 N–H and O–H groups in total. The molecule has 6 nitrogen and oxygen atoms in total. The summed E-state index contributed by atoms with van der Waals surface area (Å²) in [5, 5.41) is 13.6. The largest absolute Gasteiger partial charge is 0.345 e. The summed E-state index contributed by atoms with van der Waals surface area (Å²) in [5.41, 5.74) is 4.37. The molecule has 1 unspecified atom stereocenters. The van der Waals surface area contributed by atoms with Crippen LogP contribution >= 0.6 is 0 Å². The molecule has 2 rings (SSSR count). The average molecular weight is 281 g/mol. The number of nitro groups is 1. The number of halogens is 1. The van der Waals surface area contributed by atoms with Crippen LogP contribution in [0.15, 0.2) is 18.2 Å². The predicted molar refractivity (Wildman–Crippen MR) is 70.7 cm³/mol. The van der Waals surface area contributed by atoms with Crippen LogP contribution in [0, 0.1) is 21.8 Å². The molecule has 0 radical (unpaired) electrons. The van der Waals surface area contributed by atoms with Gasteiger partial charge < -0.3 is 11.1 Å². The molecule has 0 heterocycles. The Hall–Kier alpha value is -2.02. The summed E-state index contributed by atoms with van der Waals surface area (Å²) in [6, 6.07) is 2.82. The van der Waals surface area contributed by atoms with Crippen LogP contribution in [0.5, 0.6) is 0 Å². The number of carbonyl (C=O) groups excluding carboxylic acids is 1. The number of amides is 1. The van der Waals surface area contributed by atoms with E-state index in [2.05, 4.69) is 5.32 Å². The number of hydrogen-bond donors (Lipinski definition) is 2. The van der Waals surface area contributed by atoms with Crippen molar-refractivity contribution in [1.29, 1.82) is 0 Å². The lowest BCUT2D eigenvalue weighted by atomic mass is 9.95. The Bertz CT molecular complexity index is 560. The Labute approximate surface area is 115 Å². The highest BCUT2D eigenvalue weighted by Gasteiger charge is 2.42. The topological polar surface area (TPSA) is 98.3 Å². The van der Waals surface area contributed by atoms with Gasteiger partial charge in [0, 0.05) is 12.6 Å². The fourth-order valence-corrected chi connectivity index (χ4v) is 2.22. The van der Waals surface area contributed by atoms with Gasteiger partial charge in [-0.15, -0.1) is 0 Å². The number of nitrogens with zero attached hydrogens (tertiary/aromatic N) is 1. The molecule has 1 aliphatic carbocycles. The molecule has 7 heteroatoms. The van der Waals surface area contributed by atoms with Gasteiger partial charge in [-0.05, 0) is 37.8 Å². The average Bonchev–Trinajstić information content (AvgIpc) is 3.22. The number of benzene rings is 1. The Kier molecular flexibility index (Phi) is 3.71. The second-order valence-corrected chi connectivity index (χ2v) is 5.27. The van der Waals surface area contributed by atoms with Crippen LogP contribution in [-0.2, 0) is 0 Å². The maximum absolute atomic E-state index is 13.2. The number of carbonyl (C=O) groups is 1. The summed E-state index contributed by atoms with van der Waals surface area (Å²) < 4.78 is 13.2. The Morgan fingerprint density at radius 2 is 2.25 bits per heavy atom. The number of rotatable bonds is 5. The third-order valence-corrected chi connectivity index (χ3v) is 3.70. The Morgan fingerprint density at radius 3 is 2.75 bits per heavy atom. The Morgan fingerprint density at radius 1 is 1.60 bits per heavy atom. The molecule has 0 aromatic heterocycles. The van der Waals surface area contributed by atoms with Gasteiger partial charge >= 0.3 is 0 Å². The summed E-state index contributed by atoms with van der Waals surface area (Å²) in [6.45, 7) is 2.03. The second kappa shape index (κ2) is 5.16. The first-order chi connectivity index (χ1) is 9.37. The van der Waals surface area contributed by atoms with Gasteiger partial charge in [0.15, 0.2) is 0 Å². The van der Waals surface area contributed by atoms with Crippen molar-refractivity contribution in [2.45, 2.75) is 25.3 Å². The van der Waals surface area contributed by atoms with Crippen molar-refractivity contribution in [2.24, 2.45) is 11.7 Å². The van der Waals surface area contributed by atoms with Gasteiger partial charge in [-0.3, -0.25) is 14.9 Å². The van der Waals surface area contributed by atoms with Crippen molar-refractivity contribution >= 4 is 11.6 Å². The van der Waals surface area contributed by atoms with Gasteiger partial charge in [0.05, 0.1) is 10.5 Å². The van der Waals surface area contributed by atoms with Crippen molar-refractivity contribution in [3.8, 4) is 0 Å². The summed E-state index contributed by atoms with van der Waals surface area (Å²) in [6.07, 6.45) is 1.92. The molecule has 1 aliphatic rings. The zero-order valence-corrected chi connectivity index (χ0v) is 11.1. The smallest absolute Gasteiger partial charge is 0.282 e. The van der Waals surface area contributed by atoms with Crippen molar-refractivity contribution in [2.75, 3.05) is 6.54 Å². The minimum absolute atomic E-state index is 0.229. The van der Waals surface area contributed by atoms with Gasteiger partial charge in [0.2, 0.25) is 0 Å². The summed E-state index contributed by atoms with van der Waals surface area (Å²) in [7, 11) is 0. The van der Waals surface area contributed by atoms with E-state index in [1.807, 2.05) is 0 Å². The third kappa shape index (κ3) is 2.77. The molecule has 108 valence electrons. The number of hydrogen-bond acceptors (Lipinski definition) is 4. The molecule has 0 bridgehead atoms. The summed E-state index contributed by atoms with van der Waals surface area (Å²) >= 11 is 0. The minimum Gasteiger partial charge on any atom is -0.345 e. The van der Waals surface area contributed by atoms with E-state index in [1.165, 1.54) is 0 Å². The van der Waals surface area contributed by atoms with E-state index in [-0.39, 0.29) is 18.0 Å². The zero-order chi connectivity index (χ0) is 14.9. The first-order valence-electron chi connectivity index (χ1n) is 6.34. The fourth-order valence-electron chi connectivity index (χ4n) is 2.22. The van der Waals surface area contributed by atoms with Gasteiger partial charge in [-0.1, -0.05) is 0 Å². The minimum atomic E-state index is -0.703. The van der Waals surface area contributed by atoms with Gasteiger partial charge in [-0.25, -0.2) is 4.39 Å². The molecule has 1 saturated carbocycles. The van der Waals surface area contributed by atoms with Crippen molar-refractivity contribution in [3.63, 3.8) is 0 Å². The SMILES string of the molecule is CC(CN)(NC(=O)c1cc(F)ccc1[N+](=O)[O-])C1CC1. The molecule has 1 amide bonds. The second-order valence-electron chi connectivity index (χ2n) is 5.27. The van der Waals surface area contributed by atoms with Crippen LogP contribution in [0.1, 0.15) is 30.1 Å². The predicted octanol–water partition coefficient (Wildman–Crippen LogP) is 1.59. The zero-order valence-electron chi connectivity index (χ0n) is 11.1. The molecule has 1 aromatic carbocycles. The highest BCUT2D eigenvalue weighted by atomic mass is 19.1. The molecule has 1 fully saturated rings. The molecule has 1 atom stereocenters. The first kappa shape index (κ1) is 14.4. The third-order valence-electron chi connectivity index (χ3n) is 3.70. The highest BCUT2D eigenvalue weighted by molar-refractivity contribution is 5.98. The van der Waals surface area contributed by atoms with E-state index in [0.717, 1.165) is 31.0 Å². The van der Waals surface area contributed by atoms with Crippen LogP contribution < -0.4 is 11.1 Å². The molecule has 20 heavy (non-hydrogen) atoms. The molecule has 0 aliphatic heterocycles. The van der Waals surface area contributed by atoms with Crippen LogP contribution in [0.3, 0.4) is 0 Å². The van der Waals surface area contributed by atoms with Crippen LogP contribution in [-0.4, -0.2) is 22.9 Å². The highest BCUT2D eigenvalue weighted by Crippen LogP contribution is 2.39.